The Hall–Kier alpha value is -0.460. The number of rotatable bonds is 2. The zero-order valence-corrected chi connectivity index (χ0v) is 11.8. The van der Waals surface area contributed by atoms with Crippen LogP contribution in [0.15, 0.2) is 11.8 Å². The van der Waals surface area contributed by atoms with Crippen molar-refractivity contribution in [3.63, 3.8) is 0 Å². The van der Waals surface area contributed by atoms with Gasteiger partial charge in [0, 0.05) is 0 Å². The number of hydrogen-bond acceptors (Lipinski definition) is 1. The van der Waals surface area contributed by atoms with E-state index in [1.165, 1.54) is 76.2 Å². The summed E-state index contributed by atoms with van der Waals surface area (Å²) in [5.74, 6) is 0. The Morgan fingerprint density at radius 1 is 0.765 bits per heavy atom. The van der Waals surface area contributed by atoms with Gasteiger partial charge in [0.05, 0.1) is 12.4 Å². The van der Waals surface area contributed by atoms with Gasteiger partial charge in [0.2, 0.25) is 0 Å². The monoisotopic (exact) mass is 238 g/mol. The number of ether oxygens (including phenoxy) is 1. The molecule has 0 unspecified atom stereocenters. The SMILES string of the molecule is CC(C)=COC1CCCCCCCCCCC1. The Bertz CT molecular complexity index is 192. The summed E-state index contributed by atoms with van der Waals surface area (Å²) in [7, 11) is 0. The van der Waals surface area contributed by atoms with Crippen molar-refractivity contribution >= 4 is 0 Å². The summed E-state index contributed by atoms with van der Waals surface area (Å²) in [5, 5.41) is 0. The lowest BCUT2D eigenvalue weighted by Gasteiger charge is -2.18. The maximum atomic E-state index is 5.89. The van der Waals surface area contributed by atoms with Gasteiger partial charge in [-0.15, -0.1) is 0 Å². The van der Waals surface area contributed by atoms with E-state index >= 15 is 0 Å². The molecule has 100 valence electrons. The van der Waals surface area contributed by atoms with Crippen LogP contribution in [0.4, 0.5) is 0 Å². The maximum Gasteiger partial charge on any atom is 0.0978 e. The van der Waals surface area contributed by atoms with E-state index in [0.29, 0.717) is 6.10 Å². The van der Waals surface area contributed by atoms with Crippen molar-refractivity contribution in [2.45, 2.75) is 90.6 Å². The van der Waals surface area contributed by atoms with E-state index in [9.17, 15) is 0 Å². The Labute approximate surface area is 108 Å². The molecule has 0 heterocycles. The lowest BCUT2D eigenvalue weighted by molar-refractivity contribution is 0.118. The highest BCUT2D eigenvalue weighted by Crippen LogP contribution is 2.19. The third kappa shape index (κ3) is 8.29. The maximum absolute atomic E-state index is 5.89. The fourth-order valence-electron chi connectivity index (χ4n) is 2.49. The van der Waals surface area contributed by atoms with E-state index in [4.69, 9.17) is 4.74 Å². The topological polar surface area (TPSA) is 9.23 Å². The first-order valence-electron chi connectivity index (χ1n) is 7.58. The van der Waals surface area contributed by atoms with Crippen LogP contribution >= 0.6 is 0 Å². The van der Waals surface area contributed by atoms with Crippen LogP contribution in [0.25, 0.3) is 0 Å². The highest BCUT2D eigenvalue weighted by Gasteiger charge is 2.08. The Kier molecular flexibility index (Phi) is 8.21. The standard InChI is InChI=1S/C16H30O/c1-15(2)14-17-16-12-10-8-6-4-3-5-7-9-11-13-16/h14,16H,3-13H2,1-2H3. The molecule has 1 aliphatic carbocycles. The Balaban J connectivity index is 2.29. The molecular weight excluding hydrogens is 208 g/mol. The molecule has 17 heavy (non-hydrogen) atoms. The van der Waals surface area contributed by atoms with Crippen LogP contribution < -0.4 is 0 Å². The van der Waals surface area contributed by atoms with Crippen molar-refractivity contribution < 1.29 is 4.74 Å². The molecule has 0 N–H and O–H groups in total. The summed E-state index contributed by atoms with van der Waals surface area (Å²) < 4.78 is 5.89. The van der Waals surface area contributed by atoms with Gasteiger partial charge in [-0.2, -0.15) is 0 Å². The van der Waals surface area contributed by atoms with Crippen molar-refractivity contribution in [1.82, 2.24) is 0 Å². The summed E-state index contributed by atoms with van der Waals surface area (Å²) in [6.07, 6.45) is 17.6. The number of hydrogen-bond donors (Lipinski definition) is 0. The first-order valence-corrected chi connectivity index (χ1v) is 7.58. The van der Waals surface area contributed by atoms with Gasteiger partial charge in [0.1, 0.15) is 0 Å². The van der Waals surface area contributed by atoms with Crippen LogP contribution in [0.1, 0.15) is 84.5 Å². The van der Waals surface area contributed by atoms with E-state index in [1.807, 2.05) is 6.26 Å². The van der Waals surface area contributed by atoms with Crippen LogP contribution in [0.2, 0.25) is 0 Å². The van der Waals surface area contributed by atoms with Gasteiger partial charge in [-0.25, -0.2) is 0 Å². The lowest BCUT2D eigenvalue weighted by atomic mass is 9.99. The fraction of sp³-hybridized carbons (Fsp3) is 0.875. The second kappa shape index (κ2) is 9.56. The van der Waals surface area contributed by atoms with Gasteiger partial charge in [-0.1, -0.05) is 44.9 Å². The van der Waals surface area contributed by atoms with E-state index in [0.717, 1.165) is 0 Å². The lowest BCUT2D eigenvalue weighted by Crippen LogP contribution is -2.10. The largest absolute Gasteiger partial charge is 0.498 e. The van der Waals surface area contributed by atoms with Crippen molar-refractivity contribution in [2.75, 3.05) is 0 Å². The molecule has 0 amide bonds. The van der Waals surface area contributed by atoms with Crippen molar-refractivity contribution in [3.8, 4) is 0 Å². The van der Waals surface area contributed by atoms with Crippen molar-refractivity contribution in [2.24, 2.45) is 0 Å². The van der Waals surface area contributed by atoms with Gasteiger partial charge < -0.3 is 4.74 Å². The molecule has 1 nitrogen and oxygen atoms in total. The second-order valence-corrected chi connectivity index (χ2v) is 5.71. The molecule has 1 saturated carbocycles. The summed E-state index contributed by atoms with van der Waals surface area (Å²) in [4.78, 5) is 0. The molecule has 1 heteroatoms. The zero-order chi connectivity index (χ0) is 12.3. The van der Waals surface area contributed by atoms with Gasteiger partial charge in [0.25, 0.3) is 0 Å². The molecule has 0 aromatic rings. The third-order valence-corrected chi connectivity index (χ3v) is 3.55. The smallest absolute Gasteiger partial charge is 0.0978 e. The average molecular weight is 238 g/mol. The Morgan fingerprint density at radius 3 is 1.59 bits per heavy atom. The van der Waals surface area contributed by atoms with Crippen molar-refractivity contribution in [3.05, 3.63) is 11.8 Å². The molecule has 1 fully saturated rings. The van der Waals surface area contributed by atoms with E-state index in [2.05, 4.69) is 13.8 Å². The molecule has 0 aromatic carbocycles. The predicted molar refractivity (Wildman–Crippen MR) is 75.1 cm³/mol. The summed E-state index contributed by atoms with van der Waals surface area (Å²) in [5.41, 5.74) is 1.27. The molecule has 0 saturated heterocycles. The van der Waals surface area contributed by atoms with E-state index < -0.39 is 0 Å². The minimum atomic E-state index is 0.476. The zero-order valence-electron chi connectivity index (χ0n) is 11.8. The summed E-state index contributed by atoms with van der Waals surface area (Å²) in [6.45, 7) is 4.21. The second-order valence-electron chi connectivity index (χ2n) is 5.71. The van der Waals surface area contributed by atoms with Crippen LogP contribution in [-0.2, 0) is 4.74 Å². The molecule has 0 radical (unpaired) electrons. The Morgan fingerprint density at radius 2 is 1.18 bits per heavy atom. The van der Waals surface area contributed by atoms with Crippen molar-refractivity contribution in [1.29, 1.82) is 0 Å². The summed E-state index contributed by atoms with van der Waals surface area (Å²) in [6, 6.07) is 0. The molecule has 0 bridgehead atoms. The van der Waals surface area contributed by atoms with Crippen LogP contribution in [0.5, 0.6) is 0 Å². The average Bonchev–Trinajstić information content (AvgIpc) is 2.28. The quantitative estimate of drug-likeness (QED) is 0.569. The molecule has 0 aromatic heterocycles. The van der Waals surface area contributed by atoms with Gasteiger partial charge in [-0.05, 0) is 45.1 Å². The molecule has 1 rings (SSSR count). The molecule has 0 atom stereocenters. The first-order chi connectivity index (χ1) is 8.29. The number of allylic oxidation sites excluding steroid dienone is 1. The molecular formula is C16H30O. The van der Waals surface area contributed by atoms with Gasteiger partial charge >= 0.3 is 0 Å². The van der Waals surface area contributed by atoms with Crippen LogP contribution in [0, 0.1) is 0 Å². The van der Waals surface area contributed by atoms with Crippen LogP contribution in [-0.4, -0.2) is 6.10 Å². The molecule has 0 aliphatic heterocycles. The van der Waals surface area contributed by atoms with Crippen LogP contribution in [0.3, 0.4) is 0 Å². The van der Waals surface area contributed by atoms with Gasteiger partial charge in [0.15, 0.2) is 0 Å². The molecule has 0 spiro atoms. The van der Waals surface area contributed by atoms with E-state index in [1.54, 1.807) is 0 Å². The van der Waals surface area contributed by atoms with Gasteiger partial charge in [-0.3, -0.25) is 0 Å². The fourth-order valence-corrected chi connectivity index (χ4v) is 2.49. The highest BCUT2D eigenvalue weighted by atomic mass is 16.5. The minimum Gasteiger partial charge on any atom is -0.498 e. The highest BCUT2D eigenvalue weighted by molar-refractivity contribution is 4.87. The summed E-state index contributed by atoms with van der Waals surface area (Å²) >= 11 is 0. The first kappa shape index (κ1) is 14.6. The third-order valence-electron chi connectivity index (χ3n) is 3.55. The molecule has 1 aliphatic rings. The minimum absolute atomic E-state index is 0.476. The predicted octanol–water partition coefficient (Wildman–Crippen LogP) is 5.60. The normalized spacial score (nSPS) is 21.1. The van der Waals surface area contributed by atoms with E-state index in [-0.39, 0.29) is 0 Å².